The van der Waals surface area contributed by atoms with Crippen molar-refractivity contribution in [2.24, 2.45) is 0 Å². The fraction of sp³-hybridized carbons (Fsp3) is 0.0938. The summed E-state index contributed by atoms with van der Waals surface area (Å²) in [6.07, 6.45) is -3.69. The van der Waals surface area contributed by atoms with Gasteiger partial charge in [0.1, 0.15) is 11.7 Å². The Kier molecular flexibility index (Phi) is 9.44. The number of hydrogen-bond donors (Lipinski definition) is 3. The van der Waals surface area contributed by atoms with E-state index < -0.39 is 41.3 Å². The maximum Gasteiger partial charge on any atom is 0.416 e. The highest BCUT2D eigenvalue weighted by molar-refractivity contribution is 6.30. The summed E-state index contributed by atoms with van der Waals surface area (Å²) in [4.78, 5) is 38.4. The molecule has 4 aromatic carbocycles. The molecule has 2 amide bonds. The highest BCUT2D eigenvalue weighted by Crippen LogP contribution is 2.30. The molecule has 3 N–H and O–H groups in total. The Morgan fingerprint density at radius 3 is 2.10 bits per heavy atom. The van der Waals surface area contributed by atoms with Crippen molar-refractivity contribution in [2.75, 3.05) is 0 Å². The molecule has 10 heteroatoms. The van der Waals surface area contributed by atoms with E-state index in [0.717, 1.165) is 35.4 Å². The van der Waals surface area contributed by atoms with Gasteiger partial charge in [-0.2, -0.15) is 13.2 Å². The monoisotopic (exact) mass is 592 g/mol. The van der Waals surface area contributed by atoms with Crippen LogP contribution in [0.25, 0.3) is 17.2 Å². The van der Waals surface area contributed by atoms with Crippen molar-refractivity contribution in [3.05, 3.63) is 136 Å². The van der Waals surface area contributed by atoms with Gasteiger partial charge in [0.25, 0.3) is 11.8 Å². The number of carbonyl (C=O) groups excluding carboxylic acids is 2. The molecule has 0 fully saturated rings. The smallest absolute Gasteiger partial charge is 0.416 e. The molecule has 0 saturated carbocycles. The fourth-order valence-corrected chi connectivity index (χ4v) is 4.19. The summed E-state index contributed by atoms with van der Waals surface area (Å²) in [5.74, 6) is -3.06. The fourth-order valence-electron chi connectivity index (χ4n) is 4.06. The number of carbonyl (C=O) groups is 3. The van der Waals surface area contributed by atoms with Gasteiger partial charge in [0.2, 0.25) is 0 Å². The van der Waals surface area contributed by atoms with Gasteiger partial charge in [0.05, 0.1) is 5.56 Å². The maximum absolute atomic E-state index is 13.3. The van der Waals surface area contributed by atoms with Crippen LogP contribution in [-0.2, 0) is 22.2 Å². The molecule has 0 aliphatic carbocycles. The van der Waals surface area contributed by atoms with Crippen molar-refractivity contribution in [2.45, 2.75) is 18.6 Å². The molecule has 4 aromatic rings. The lowest BCUT2D eigenvalue weighted by atomic mass is 10.0. The number of alkyl halides is 3. The van der Waals surface area contributed by atoms with E-state index >= 15 is 0 Å². The summed E-state index contributed by atoms with van der Waals surface area (Å²) < 4.78 is 39.9. The molecule has 0 bridgehead atoms. The van der Waals surface area contributed by atoms with Crippen LogP contribution in [0.1, 0.15) is 27.0 Å². The van der Waals surface area contributed by atoms with Crippen LogP contribution < -0.4 is 10.6 Å². The molecule has 0 aromatic heterocycles. The minimum absolute atomic E-state index is 0.0284. The zero-order chi connectivity index (χ0) is 30.3. The molecule has 0 spiro atoms. The predicted octanol–water partition coefficient (Wildman–Crippen LogP) is 6.61. The molecule has 1 atom stereocenters. The number of hydrogen-bond acceptors (Lipinski definition) is 3. The summed E-state index contributed by atoms with van der Waals surface area (Å²) in [6, 6.07) is 25.0. The van der Waals surface area contributed by atoms with Crippen molar-refractivity contribution in [1.29, 1.82) is 0 Å². The van der Waals surface area contributed by atoms with Crippen LogP contribution in [-0.4, -0.2) is 28.9 Å². The molecule has 6 nitrogen and oxygen atoms in total. The Hall–Kier alpha value is -4.89. The second kappa shape index (κ2) is 13.2. The molecule has 214 valence electrons. The second-order valence-corrected chi connectivity index (χ2v) is 9.71. The SMILES string of the molecule is O=C(NC(Cc1ccc(Cl)cc1)C(=O)O)C(=Cc1cccc(C(F)(F)F)c1)NC(=O)c1ccc(-c2ccccc2)cc1. The third-order valence-corrected chi connectivity index (χ3v) is 6.48. The molecule has 0 radical (unpaired) electrons. The Balaban J connectivity index is 1.62. The highest BCUT2D eigenvalue weighted by Gasteiger charge is 2.30. The third kappa shape index (κ3) is 8.08. The largest absolute Gasteiger partial charge is 0.480 e. The topological polar surface area (TPSA) is 95.5 Å². The van der Waals surface area contributed by atoms with E-state index in [-0.39, 0.29) is 17.5 Å². The molecule has 0 aliphatic heterocycles. The Labute approximate surface area is 244 Å². The van der Waals surface area contributed by atoms with Crippen molar-refractivity contribution < 1.29 is 32.7 Å². The van der Waals surface area contributed by atoms with Crippen molar-refractivity contribution in [1.82, 2.24) is 10.6 Å². The third-order valence-electron chi connectivity index (χ3n) is 6.23. The van der Waals surface area contributed by atoms with Gasteiger partial charge in [-0.15, -0.1) is 0 Å². The molecule has 0 heterocycles. The summed E-state index contributed by atoms with van der Waals surface area (Å²) in [5, 5.41) is 15.0. The van der Waals surface area contributed by atoms with Crippen molar-refractivity contribution >= 4 is 35.5 Å². The molecular formula is C32H24ClF3N2O4. The number of amides is 2. The van der Waals surface area contributed by atoms with Crippen LogP contribution in [0.3, 0.4) is 0 Å². The highest BCUT2D eigenvalue weighted by atomic mass is 35.5. The minimum atomic E-state index is -4.64. The van der Waals surface area contributed by atoms with Crippen LogP contribution in [0.5, 0.6) is 0 Å². The Bertz CT molecular complexity index is 1600. The first kappa shape index (κ1) is 30.1. The summed E-state index contributed by atoms with van der Waals surface area (Å²) in [5.41, 5.74) is 1.09. The van der Waals surface area contributed by atoms with E-state index in [9.17, 15) is 32.7 Å². The van der Waals surface area contributed by atoms with E-state index in [1.807, 2.05) is 30.3 Å². The normalized spacial score (nSPS) is 12.3. The molecule has 4 rings (SSSR count). The average molecular weight is 593 g/mol. The first-order chi connectivity index (χ1) is 20.0. The number of carboxylic acid groups (broad SMARTS) is 1. The number of halogens is 4. The van der Waals surface area contributed by atoms with E-state index in [4.69, 9.17) is 11.6 Å². The van der Waals surface area contributed by atoms with Gasteiger partial charge >= 0.3 is 12.1 Å². The molecular weight excluding hydrogens is 569 g/mol. The lowest BCUT2D eigenvalue weighted by Gasteiger charge is -2.17. The van der Waals surface area contributed by atoms with Gasteiger partial charge in [-0.25, -0.2) is 4.79 Å². The predicted molar refractivity (Wildman–Crippen MR) is 153 cm³/mol. The van der Waals surface area contributed by atoms with Gasteiger partial charge in [-0.3, -0.25) is 9.59 Å². The molecule has 0 saturated heterocycles. The lowest BCUT2D eigenvalue weighted by Crippen LogP contribution is -2.45. The van der Waals surface area contributed by atoms with Crippen molar-refractivity contribution in [3.8, 4) is 11.1 Å². The van der Waals surface area contributed by atoms with Gasteiger partial charge in [-0.05, 0) is 64.7 Å². The van der Waals surface area contributed by atoms with E-state index in [0.29, 0.717) is 10.6 Å². The molecule has 0 aliphatic rings. The van der Waals surface area contributed by atoms with Crippen LogP contribution in [0.4, 0.5) is 13.2 Å². The van der Waals surface area contributed by atoms with Gasteiger partial charge in [-0.1, -0.05) is 78.3 Å². The number of aliphatic carboxylic acids is 1. The second-order valence-electron chi connectivity index (χ2n) is 9.27. The Morgan fingerprint density at radius 2 is 1.48 bits per heavy atom. The van der Waals surface area contributed by atoms with Gasteiger partial charge in [0, 0.05) is 17.0 Å². The first-order valence-electron chi connectivity index (χ1n) is 12.6. The minimum Gasteiger partial charge on any atom is -0.480 e. The number of nitrogens with one attached hydrogen (secondary N) is 2. The summed E-state index contributed by atoms with van der Waals surface area (Å²) in [7, 11) is 0. The number of carboxylic acids is 1. The van der Waals surface area contributed by atoms with Crippen LogP contribution >= 0.6 is 11.6 Å². The average Bonchev–Trinajstić information content (AvgIpc) is 2.97. The van der Waals surface area contributed by atoms with E-state index in [1.54, 1.807) is 36.4 Å². The summed E-state index contributed by atoms with van der Waals surface area (Å²) >= 11 is 5.89. The van der Waals surface area contributed by atoms with Crippen LogP contribution in [0, 0.1) is 0 Å². The Morgan fingerprint density at radius 1 is 0.833 bits per heavy atom. The van der Waals surface area contributed by atoms with E-state index in [1.165, 1.54) is 18.2 Å². The van der Waals surface area contributed by atoms with Crippen LogP contribution in [0.15, 0.2) is 109 Å². The van der Waals surface area contributed by atoms with Crippen molar-refractivity contribution in [3.63, 3.8) is 0 Å². The summed E-state index contributed by atoms with van der Waals surface area (Å²) in [6.45, 7) is 0. The number of rotatable bonds is 9. The quantitative estimate of drug-likeness (QED) is 0.191. The van der Waals surface area contributed by atoms with Crippen LogP contribution in [0.2, 0.25) is 5.02 Å². The lowest BCUT2D eigenvalue weighted by molar-refractivity contribution is -0.141. The van der Waals surface area contributed by atoms with Gasteiger partial charge in [0.15, 0.2) is 0 Å². The zero-order valence-electron chi connectivity index (χ0n) is 21.9. The number of benzene rings is 4. The standard InChI is InChI=1S/C32H24ClF3N2O4/c33-26-15-9-20(10-16-26)18-28(31(41)42)38-30(40)27(19-21-5-4-8-25(17-21)32(34,35)36)37-29(39)24-13-11-23(12-14-24)22-6-2-1-3-7-22/h1-17,19,28H,18H2,(H,37,39)(H,38,40)(H,41,42). The zero-order valence-corrected chi connectivity index (χ0v) is 22.6. The van der Waals surface area contributed by atoms with Gasteiger partial charge < -0.3 is 15.7 Å². The first-order valence-corrected chi connectivity index (χ1v) is 13.0. The maximum atomic E-state index is 13.3. The van der Waals surface area contributed by atoms with E-state index in [2.05, 4.69) is 10.6 Å². The molecule has 42 heavy (non-hydrogen) atoms. The molecule has 1 unspecified atom stereocenters.